The number of nitrogens with zero attached hydrogens (tertiary/aromatic N) is 1. The Hall–Kier alpha value is -3.35. The second-order valence-corrected chi connectivity index (χ2v) is 8.40. The largest absolute Gasteiger partial charge is 0.481 e. The van der Waals surface area contributed by atoms with Gasteiger partial charge >= 0.3 is 12.1 Å². The number of ether oxygens (including phenoxy) is 1. The maximum Gasteiger partial charge on any atom is 0.407 e. The summed E-state index contributed by atoms with van der Waals surface area (Å²) in [6.07, 6.45) is -0.617. The predicted molar refractivity (Wildman–Crippen MR) is 121 cm³/mol. The van der Waals surface area contributed by atoms with Gasteiger partial charge in [0, 0.05) is 31.0 Å². The number of aliphatic carboxylic acids is 1. The second-order valence-electron chi connectivity index (χ2n) is 8.40. The first-order valence-corrected chi connectivity index (χ1v) is 10.9. The fraction of sp³-hybridized carbons (Fsp3) is 0.400. The Morgan fingerprint density at radius 2 is 1.56 bits per heavy atom. The molecule has 0 saturated carbocycles. The lowest BCUT2D eigenvalue weighted by Crippen LogP contribution is -2.43. The normalized spacial score (nSPS) is 13.2. The molecule has 0 radical (unpaired) electrons. The van der Waals surface area contributed by atoms with Gasteiger partial charge in [-0.1, -0.05) is 48.5 Å². The van der Waals surface area contributed by atoms with Crippen molar-refractivity contribution in [2.24, 2.45) is 0 Å². The van der Waals surface area contributed by atoms with Crippen LogP contribution in [0.5, 0.6) is 0 Å². The summed E-state index contributed by atoms with van der Waals surface area (Å²) < 4.78 is 5.53. The van der Waals surface area contributed by atoms with Crippen LogP contribution in [0.25, 0.3) is 11.1 Å². The number of carbonyl (C=O) groups excluding carboxylic acids is 2. The first-order chi connectivity index (χ1) is 15.3. The summed E-state index contributed by atoms with van der Waals surface area (Å²) in [5, 5.41) is 11.6. The van der Waals surface area contributed by atoms with Crippen LogP contribution in [0.3, 0.4) is 0 Å². The van der Waals surface area contributed by atoms with Crippen molar-refractivity contribution in [1.29, 1.82) is 0 Å². The van der Waals surface area contributed by atoms with Gasteiger partial charge in [0.05, 0.1) is 6.42 Å². The number of alkyl carbamates (subject to hydrolysis) is 1. The van der Waals surface area contributed by atoms with E-state index in [1.165, 1.54) is 4.90 Å². The maximum atomic E-state index is 12.6. The van der Waals surface area contributed by atoms with E-state index < -0.39 is 18.1 Å². The SMILES string of the molecule is CC(C)N(CCC(=O)O)C(=O)C[C@@H](C)NC(=O)OCC1c2ccccc2-c2ccccc21. The minimum Gasteiger partial charge on any atom is -0.481 e. The molecule has 2 N–H and O–H groups in total. The molecule has 0 fully saturated rings. The van der Waals surface area contributed by atoms with Crippen LogP contribution in [0.4, 0.5) is 4.79 Å². The van der Waals surface area contributed by atoms with Gasteiger partial charge in [-0.15, -0.1) is 0 Å². The van der Waals surface area contributed by atoms with E-state index in [0.717, 1.165) is 22.3 Å². The number of amides is 2. The minimum atomic E-state index is -0.951. The molecule has 0 heterocycles. The number of fused-ring (bicyclic) bond motifs is 3. The van der Waals surface area contributed by atoms with Crippen LogP contribution >= 0.6 is 0 Å². The third-order valence-corrected chi connectivity index (χ3v) is 5.70. The Labute approximate surface area is 188 Å². The summed E-state index contributed by atoms with van der Waals surface area (Å²) in [5.41, 5.74) is 4.59. The minimum absolute atomic E-state index is 0.0301. The third kappa shape index (κ3) is 5.46. The Bertz CT molecular complexity index is 942. The van der Waals surface area contributed by atoms with E-state index in [9.17, 15) is 14.4 Å². The Kier molecular flexibility index (Phi) is 7.51. The quantitative estimate of drug-likeness (QED) is 0.617. The topological polar surface area (TPSA) is 95.9 Å². The van der Waals surface area contributed by atoms with Crippen molar-refractivity contribution in [3.05, 3.63) is 59.7 Å². The Morgan fingerprint density at radius 3 is 2.09 bits per heavy atom. The first-order valence-electron chi connectivity index (χ1n) is 10.9. The molecule has 7 nitrogen and oxygen atoms in total. The molecule has 2 aromatic carbocycles. The number of carboxylic acids is 1. The van der Waals surface area contributed by atoms with Crippen LogP contribution in [0.2, 0.25) is 0 Å². The highest BCUT2D eigenvalue weighted by atomic mass is 16.5. The van der Waals surface area contributed by atoms with Crippen molar-refractivity contribution in [1.82, 2.24) is 10.2 Å². The summed E-state index contributed by atoms with van der Waals surface area (Å²) in [5.74, 6) is -1.18. The average Bonchev–Trinajstić information content (AvgIpc) is 3.05. The molecule has 3 rings (SSSR count). The van der Waals surface area contributed by atoms with E-state index in [4.69, 9.17) is 9.84 Å². The molecule has 0 spiro atoms. The number of nitrogens with one attached hydrogen (secondary N) is 1. The van der Waals surface area contributed by atoms with E-state index in [-0.39, 0.29) is 43.9 Å². The highest BCUT2D eigenvalue weighted by molar-refractivity contribution is 5.80. The molecule has 2 amide bonds. The highest BCUT2D eigenvalue weighted by Crippen LogP contribution is 2.44. The second kappa shape index (κ2) is 10.3. The lowest BCUT2D eigenvalue weighted by molar-refractivity contribution is -0.139. The fourth-order valence-electron chi connectivity index (χ4n) is 4.16. The summed E-state index contributed by atoms with van der Waals surface area (Å²) in [4.78, 5) is 37.3. The van der Waals surface area contributed by atoms with Gasteiger partial charge in [0.2, 0.25) is 5.91 Å². The molecule has 1 aliphatic rings. The molecule has 0 saturated heterocycles. The number of hydrogen-bond donors (Lipinski definition) is 2. The third-order valence-electron chi connectivity index (χ3n) is 5.70. The molecule has 170 valence electrons. The zero-order chi connectivity index (χ0) is 23.3. The predicted octanol–water partition coefficient (Wildman–Crippen LogP) is 4.02. The van der Waals surface area contributed by atoms with Crippen molar-refractivity contribution in [2.75, 3.05) is 13.2 Å². The highest BCUT2D eigenvalue weighted by Gasteiger charge is 2.29. The van der Waals surface area contributed by atoms with Gasteiger partial charge in [0.15, 0.2) is 0 Å². The van der Waals surface area contributed by atoms with Crippen LogP contribution in [0.1, 0.15) is 50.7 Å². The lowest BCUT2D eigenvalue weighted by Gasteiger charge is -2.27. The van der Waals surface area contributed by atoms with Crippen LogP contribution in [-0.4, -0.2) is 53.2 Å². The standard InChI is InChI=1S/C25H30N2O5/c1-16(2)27(13-12-24(29)30)23(28)14-17(3)26-25(31)32-15-22-20-10-6-4-8-18(20)19-9-5-7-11-21(19)22/h4-11,16-17,22H,12-15H2,1-3H3,(H,26,31)(H,29,30)/t17-/m1/s1. The molecule has 0 bridgehead atoms. The molecule has 2 aromatic rings. The summed E-state index contributed by atoms with van der Waals surface area (Å²) in [6.45, 7) is 5.75. The van der Waals surface area contributed by atoms with Gasteiger partial charge in [-0.25, -0.2) is 4.79 Å². The zero-order valence-corrected chi connectivity index (χ0v) is 18.7. The summed E-state index contributed by atoms with van der Waals surface area (Å²) in [7, 11) is 0. The van der Waals surface area contributed by atoms with Crippen LogP contribution in [0.15, 0.2) is 48.5 Å². The number of carboxylic acid groups (broad SMARTS) is 1. The molecule has 32 heavy (non-hydrogen) atoms. The Morgan fingerprint density at radius 1 is 1.00 bits per heavy atom. The van der Waals surface area contributed by atoms with Gasteiger partial charge in [-0.05, 0) is 43.0 Å². The van der Waals surface area contributed by atoms with Crippen molar-refractivity contribution in [2.45, 2.75) is 51.6 Å². The molecule has 1 atom stereocenters. The van der Waals surface area contributed by atoms with Crippen LogP contribution in [-0.2, 0) is 14.3 Å². The maximum absolute atomic E-state index is 12.6. The van der Waals surface area contributed by atoms with Gasteiger partial charge < -0.3 is 20.1 Å². The molecule has 0 unspecified atom stereocenters. The molecule has 7 heteroatoms. The van der Waals surface area contributed by atoms with E-state index in [0.29, 0.717) is 0 Å². The molecule has 0 aromatic heterocycles. The first kappa shape index (κ1) is 23.3. The van der Waals surface area contributed by atoms with Gasteiger partial charge in [0.25, 0.3) is 0 Å². The van der Waals surface area contributed by atoms with Gasteiger partial charge in [0.1, 0.15) is 6.61 Å². The van der Waals surface area contributed by atoms with Gasteiger partial charge in [-0.3, -0.25) is 9.59 Å². The average molecular weight is 439 g/mol. The lowest BCUT2D eigenvalue weighted by atomic mass is 9.98. The molecular formula is C25H30N2O5. The van der Waals surface area contributed by atoms with E-state index in [2.05, 4.69) is 29.6 Å². The fourth-order valence-corrected chi connectivity index (χ4v) is 4.16. The zero-order valence-electron chi connectivity index (χ0n) is 18.7. The molecular weight excluding hydrogens is 408 g/mol. The summed E-state index contributed by atoms with van der Waals surface area (Å²) in [6, 6.07) is 15.7. The van der Waals surface area contributed by atoms with Crippen molar-refractivity contribution in [3.63, 3.8) is 0 Å². The van der Waals surface area contributed by atoms with Crippen molar-refractivity contribution >= 4 is 18.0 Å². The van der Waals surface area contributed by atoms with Crippen molar-refractivity contribution < 1.29 is 24.2 Å². The van der Waals surface area contributed by atoms with E-state index in [1.807, 2.05) is 38.1 Å². The van der Waals surface area contributed by atoms with Crippen molar-refractivity contribution in [3.8, 4) is 11.1 Å². The smallest absolute Gasteiger partial charge is 0.407 e. The van der Waals surface area contributed by atoms with Crippen LogP contribution < -0.4 is 5.32 Å². The monoisotopic (exact) mass is 438 g/mol. The molecule has 1 aliphatic carbocycles. The van der Waals surface area contributed by atoms with E-state index >= 15 is 0 Å². The number of hydrogen-bond acceptors (Lipinski definition) is 4. The summed E-state index contributed by atoms with van der Waals surface area (Å²) >= 11 is 0. The van der Waals surface area contributed by atoms with Gasteiger partial charge in [-0.2, -0.15) is 0 Å². The van der Waals surface area contributed by atoms with Crippen LogP contribution in [0, 0.1) is 0 Å². The number of rotatable bonds is 9. The number of carbonyl (C=O) groups is 3. The molecule has 0 aliphatic heterocycles. The Balaban J connectivity index is 1.55. The number of benzene rings is 2. The van der Waals surface area contributed by atoms with E-state index in [1.54, 1.807) is 6.92 Å².